The van der Waals surface area contributed by atoms with E-state index in [1.54, 1.807) is 0 Å². The van der Waals surface area contributed by atoms with Crippen LogP contribution in [0.15, 0.2) is 35.3 Å². The maximum atomic E-state index is 4.28. The van der Waals surface area contributed by atoms with E-state index in [-0.39, 0.29) is 0 Å². The van der Waals surface area contributed by atoms with Crippen LogP contribution in [0.4, 0.5) is 5.69 Å². The second-order valence-corrected chi connectivity index (χ2v) is 5.97. The molecule has 5 nitrogen and oxygen atoms in total. The lowest BCUT2D eigenvalue weighted by molar-refractivity contribution is 0.232. The molecular weight excluding hydrogens is 286 g/mol. The van der Waals surface area contributed by atoms with E-state index in [1.807, 2.05) is 13.1 Å². The zero-order valence-corrected chi connectivity index (χ0v) is 14.4. The van der Waals surface area contributed by atoms with Gasteiger partial charge in [-0.25, -0.2) is 0 Å². The first-order valence-electron chi connectivity index (χ1n) is 8.84. The minimum atomic E-state index is 0.904. The second-order valence-electron chi connectivity index (χ2n) is 5.97. The van der Waals surface area contributed by atoms with Gasteiger partial charge in [-0.3, -0.25) is 4.99 Å². The molecule has 0 atom stereocenters. The number of likely N-dealkylation sites (tertiary alicyclic amines) is 1. The summed E-state index contributed by atoms with van der Waals surface area (Å²) in [4.78, 5) is 6.82. The highest BCUT2D eigenvalue weighted by Gasteiger charge is 2.09. The fourth-order valence-electron chi connectivity index (χ4n) is 2.82. The van der Waals surface area contributed by atoms with E-state index < -0.39 is 0 Å². The summed E-state index contributed by atoms with van der Waals surface area (Å²) < 4.78 is 0. The topological polar surface area (TPSA) is 51.7 Å². The van der Waals surface area contributed by atoms with E-state index in [2.05, 4.69) is 50.1 Å². The van der Waals surface area contributed by atoms with Gasteiger partial charge in [0.2, 0.25) is 0 Å². The molecule has 0 amide bonds. The largest absolute Gasteiger partial charge is 0.385 e. The number of anilines is 1. The van der Waals surface area contributed by atoms with Gasteiger partial charge >= 0.3 is 0 Å². The van der Waals surface area contributed by atoms with Crippen molar-refractivity contribution < 1.29 is 0 Å². The molecule has 2 rings (SSSR count). The predicted octanol–water partition coefficient (Wildman–Crippen LogP) is 2.14. The molecule has 0 aliphatic carbocycles. The van der Waals surface area contributed by atoms with Crippen LogP contribution in [0.25, 0.3) is 0 Å². The Morgan fingerprint density at radius 2 is 1.74 bits per heavy atom. The lowest BCUT2D eigenvalue weighted by Crippen LogP contribution is -2.43. The molecule has 0 bridgehead atoms. The summed E-state index contributed by atoms with van der Waals surface area (Å²) >= 11 is 0. The molecule has 1 aromatic rings. The Labute approximate surface area is 140 Å². The van der Waals surface area contributed by atoms with Gasteiger partial charge in [0.05, 0.1) is 0 Å². The van der Waals surface area contributed by atoms with Gasteiger partial charge in [-0.15, -0.1) is 0 Å². The third-order valence-electron chi connectivity index (χ3n) is 4.14. The first-order valence-corrected chi connectivity index (χ1v) is 8.84. The van der Waals surface area contributed by atoms with Crippen LogP contribution in [-0.4, -0.2) is 57.2 Å². The number of aliphatic imine (C=N–C) groups is 1. The molecule has 1 aliphatic rings. The maximum absolute atomic E-state index is 4.28. The highest BCUT2D eigenvalue weighted by atomic mass is 15.2. The van der Waals surface area contributed by atoms with Crippen molar-refractivity contribution in [2.75, 3.05) is 51.6 Å². The minimum absolute atomic E-state index is 0.904. The van der Waals surface area contributed by atoms with Crippen LogP contribution < -0.4 is 16.0 Å². The summed E-state index contributed by atoms with van der Waals surface area (Å²) in [5.41, 5.74) is 1.18. The molecular formula is C18H31N5. The number of hydrogen-bond donors (Lipinski definition) is 3. The molecule has 1 aromatic carbocycles. The Bertz CT molecular complexity index is 440. The zero-order chi connectivity index (χ0) is 16.2. The van der Waals surface area contributed by atoms with Crippen molar-refractivity contribution in [1.29, 1.82) is 0 Å². The molecule has 1 heterocycles. The number of benzene rings is 1. The van der Waals surface area contributed by atoms with Crippen LogP contribution in [-0.2, 0) is 0 Å². The van der Waals surface area contributed by atoms with Crippen molar-refractivity contribution in [3.8, 4) is 0 Å². The molecule has 1 saturated heterocycles. The SMILES string of the molecule is CN=C(NCCCNc1ccccc1)NCCN1CCCCC1. The first-order chi connectivity index (χ1) is 11.4. The Hall–Kier alpha value is -1.75. The molecule has 0 radical (unpaired) electrons. The average molecular weight is 317 g/mol. The Morgan fingerprint density at radius 1 is 1.00 bits per heavy atom. The Kier molecular flexibility index (Phi) is 8.33. The Morgan fingerprint density at radius 3 is 2.48 bits per heavy atom. The molecule has 0 spiro atoms. The summed E-state index contributed by atoms with van der Waals surface area (Å²) in [6.07, 6.45) is 5.15. The quantitative estimate of drug-likeness (QED) is 0.391. The molecule has 1 aliphatic heterocycles. The van der Waals surface area contributed by atoms with Crippen LogP contribution >= 0.6 is 0 Å². The van der Waals surface area contributed by atoms with Crippen LogP contribution in [0.2, 0.25) is 0 Å². The molecule has 128 valence electrons. The molecule has 5 heteroatoms. The third kappa shape index (κ3) is 7.37. The minimum Gasteiger partial charge on any atom is -0.385 e. The van der Waals surface area contributed by atoms with E-state index in [0.717, 1.165) is 38.6 Å². The van der Waals surface area contributed by atoms with Gasteiger partial charge < -0.3 is 20.9 Å². The van der Waals surface area contributed by atoms with E-state index in [9.17, 15) is 0 Å². The lowest BCUT2D eigenvalue weighted by Gasteiger charge is -2.26. The highest BCUT2D eigenvalue weighted by Crippen LogP contribution is 2.07. The van der Waals surface area contributed by atoms with Crippen molar-refractivity contribution in [2.45, 2.75) is 25.7 Å². The van der Waals surface area contributed by atoms with E-state index in [1.165, 1.54) is 38.0 Å². The Balaban J connectivity index is 1.51. The number of nitrogens with zero attached hydrogens (tertiary/aromatic N) is 2. The number of para-hydroxylation sites is 1. The van der Waals surface area contributed by atoms with Crippen molar-refractivity contribution in [2.24, 2.45) is 4.99 Å². The molecule has 1 fully saturated rings. The van der Waals surface area contributed by atoms with E-state index in [0.29, 0.717) is 0 Å². The summed E-state index contributed by atoms with van der Waals surface area (Å²) in [5.74, 6) is 0.904. The maximum Gasteiger partial charge on any atom is 0.191 e. The van der Waals surface area contributed by atoms with Gasteiger partial charge in [-0.05, 0) is 44.5 Å². The molecule has 23 heavy (non-hydrogen) atoms. The second kappa shape index (κ2) is 10.9. The summed E-state index contributed by atoms with van der Waals surface area (Å²) in [6, 6.07) is 10.3. The van der Waals surface area contributed by atoms with Crippen molar-refractivity contribution in [1.82, 2.24) is 15.5 Å². The summed E-state index contributed by atoms with van der Waals surface area (Å²) in [6.45, 7) is 6.45. The van der Waals surface area contributed by atoms with Crippen molar-refractivity contribution in [3.63, 3.8) is 0 Å². The number of piperidine rings is 1. The molecule has 3 N–H and O–H groups in total. The van der Waals surface area contributed by atoms with Crippen molar-refractivity contribution in [3.05, 3.63) is 30.3 Å². The van der Waals surface area contributed by atoms with Gasteiger partial charge in [0, 0.05) is 38.9 Å². The average Bonchev–Trinajstić information content (AvgIpc) is 2.61. The lowest BCUT2D eigenvalue weighted by atomic mass is 10.1. The normalized spacial score (nSPS) is 16.1. The van der Waals surface area contributed by atoms with Gasteiger partial charge in [0.25, 0.3) is 0 Å². The standard InChI is InChI=1S/C18H31N5/c1-19-18(22-13-16-23-14-6-3-7-15-23)21-12-8-11-20-17-9-4-2-5-10-17/h2,4-5,9-10,20H,3,6-8,11-16H2,1H3,(H2,19,21,22). The summed E-state index contributed by atoms with van der Waals surface area (Å²) in [7, 11) is 1.83. The smallest absolute Gasteiger partial charge is 0.191 e. The van der Waals surface area contributed by atoms with Gasteiger partial charge in [-0.2, -0.15) is 0 Å². The van der Waals surface area contributed by atoms with Crippen LogP contribution in [0.3, 0.4) is 0 Å². The fraction of sp³-hybridized carbons (Fsp3) is 0.611. The van der Waals surface area contributed by atoms with Gasteiger partial charge in [-0.1, -0.05) is 24.6 Å². The highest BCUT2D eigenvalue weighted by molar-refractivity contribution is 5.79. The molecule has 0 unspecified atom stereocenters. The third-order valence-corrected chi connectivity index (χ3v) is 4.14. The number of rotatable bonds is 8. The first kappa shape index (κ1) is 17.6. The zero-order valence-electron chi connectivity index (χ0n) is 14.4. The van der Waals surface area contributed by atoms with E-state index in [4.69, 9.17) is 0 Å². The van der Waals surface area contributed by atoms with Crippen LogP contribution in [0, 0.1) is 0 Å². The van der Waals surface area contributed by atoms with Gasteiger partial charge in [0.15, 0.2) is 5.96 Å². The molecule has 0 aromatic heterocycles. The van der Waals surface area contributed by atoms with Crippen LogP contribution in [0.1, 0.15) is 25.7 Å². The number of hydrogen-bond acceptors (Lipinski definition) is 3. The van der Waals surface area contributed by atoms with Gasteiger partial charge in [0.1, 0.15) is 0 Å². The van der Waals surface area contributed by atoms with Crippen LogP contribution in [0.5, 0.6) is 0 Å². The summed E-state index contributed by atoms with van der Waals surface area (Å²) in [5, 5.41) is 10.2. The predicted molar refractivity (Wildman–Crippen MR) is 99.2 cm³/mol. The fourth-order valence-corrected chi connectivity index (χ4v) is 2.82. The van der Waals surface area contributed by atoms with E-state index >= 15 is 0 Å². The van der Waals surface area contributed by atoms with Crippen molar-refractivity contribution >= 4 is 11.6 Å². The molecule has 0 saturated carbocycles. The number of guanidine groups is 1. The monoisotopic (exact) mass is 317 g/mol. The number of nitrogens with one attached hydrogen (secondary N) is 3.